The number of aromatic amines is 1. The third-order valence-electron chi connectivity index (χ3n) is 6.90. The average molecular weight is 491 g/mol. The quantitative estimate of drug-likeness (QED) is 0.551. The molecule has 2 N–H and O–H groups in total. The monoisotopic (exact) mass is 490 g/mol. The molecule has 0 bridgehead atoms. The van der Waals surface area contributed by atoms with Gasteiger partial charge in [-0.25, -0.2) is 0 Å². The molecule has 1 unspecified atom stereocenters. The number of rotatable bonds is 6. The molecule has 5 rings (SSSR count). The van der Waals surface area contributed by atoms with Gasteiger partial charge in [-0.2, -0.15) is 0 Å². The van der Waals surface area contributed by atoms with Crippen LogP contribution in [-0.2, 0) is 4.79 Å². The zero-order valence-corrected chi connectivity index (χ0v) is 21.0. The fourth-order valence-electron chi connectivity index (χ4n) is 4.90. The van der Waals surface area contributed by atoms with Crippen LogP contribution in [0.4, 0.5) is 0 Å². The zero-order chi connectivity index (χ0) is 25.1. The molecule has 1 aromatic heterocycles. The Kier molecular flexibility index (Phi) is 7.13. The third kappa shape index (κ3) is 5.33. The van der Waals surface area contributed by atoms with Gasteiger partial charge in [-0.1, -0.05) is 38.1 Å². The van der Waals surface area contributed by atoms with E-state index in [1.807, 2.05) is 53.4 Å². The van der Waals surface area contributed by atoms with Gasteiger partial charge in [-0.05, 0) is 35.7 Å². The highest BCUT2D eigenvalue weighted by atomic mass is 16.5. The first-order chi connectivity index (χ1) is 17.5. The average Bonchev–Trinajstić information content (AvgIpc) is 3.18. The van der Waals surface area contributed by atoms with Crippen LogP contribution >= 0.6 is 0 Å². The van der Waals surface area contributed by atoms with Gasteiger partial charge in [0.1, 0.15) is 5.69 Å². The van der Waals surface area contributed by atoms with E-state index in [1.54, 1.807) is 0 Å². The molecular weight excluding hydrogens is 456 g/mol. The van der Waals surface area contributed by atoms with Crippen molar-refractivity contribution in [1.29, 1.82) is 0 Å². The van der Waals surface area contributed by atoms with E-state index in [9.17, 15) is 9.59 Å². The number of piperazine rings is 1. The molecule has 8 nitrogen and oxygen atoms in total. The second kappa shape index (κ2) is 10.6. The van der Waals surface area contributed by atoms with Gasteiger partial charge >= 0.3 is 0 Å². The predicted octanol–water partition coefficient (Wildman–Crippen LogP) is 3.60. The lowest BCUT2D eigenvalue weighted by atomic mass is 9.95. The SMILES string of the molecule is CC(C)C(NC(=O)CN1CCN(C(=O)c2cc3ccccc3[nH]2)CC1)c1ccc2c(c1)OCCCO2. The van der Waals surface area contributed by atoms with Crippen LogP contribution in [0.3, 0.4) is 0 Å². The van der Waals surface area contributed by atoms with Crippen molar-refractivity contribution in [2.75, 3.05) is 45.9 Å². The highest BCUT2D eigenvalue weighted by Gasteiger charge is 2.26. The van der Waals surface area contributed by atoms with Crippen LogP contribution in [0.2, 0.25) is 0 Å². The zero-order valence-electron chi connectivity index (χ0n) is 21.0. The number of hydrogen-bond donors (Lipinski definition) is 2. The number of ether oxygens (including phenoxy) is 2. The first kappa shape index (κ1) is 24.2. The summed E-state index contributed by atoms with van der Waals surface area (Å²) in [5.41, 5.74) is 2.58. The lowest BCUT2D eigenvalue weighted by Crippen LogP contribution is -2.51. The second-order valence-electron chi connectivity index (χ2n) is 9.88. The van der Waals surface area contributed by atoms with Crippen LogP contribution in [0.5, 0.6) is 11.5 Å². The number of nitrogens with zero attached hydrogens (tertiary/aromatic N) is 2. The second-order valence-corrected chi connectivity index (χ2v) is 9.88. The number of carbonyl (C=O) groups is 2. The topological polar surface area (TPSA) is 86.9 Å². The van der Waals surface area contributed by atoms with Crippen LogP contribution in [0.1, 0.15) is 42.4 Å². The van der Waals surface area contributed by atoms with E-state index in [-0.39, 0.29) is 23.8 Å². The number of H-pyrrole nitrogens is 1. The lowest BCUT2D eigenvalue weighted by molar-refractivity contribution is -0.123. The minimum atomic E-state index is -0.125. The summed E-state index contributed by atoms with van der Waals surface area (Å²) >= 11 is 0. The molecule has 3 aromatic rings. The normalized spacial score (nSPS) is 17.1. The highest BCUT2D eigenvalue weighted by Crippen LogP contribution is 2.34. The Labute approximate surface area is 211 Å². The summed E-state index contributed by atoms with van der Waals surface area (Å²) in [5, 5.41) is 4.25. The number of hydrogen-bond acceptors (Lipinski definition) is 5. The molecule has 0 spiro atoms. The van der Waals surface area contributed by atoms with Gasteiger partial charge in [0.25, 0.3) is 5.91 Å². The van der Waals surface area contributed by atoms with Crippen molar-refractivity contribution in [1.82, 2.24) is 20.1 Å². The number of aromatic nitrogens is 1. The molecule has 0 saturated carbocycles. The maximum absolute atomic E-state index is 13.0. The maximum atomic E-state index is 13.0. The molecule has 36 heavy (non-hydrogen) atoms. The van der Waals surface area contributed by atoms with Gasteiger partial charge in [0.2, 0.25) is 5.91 Å². The molecule has 0 radical (unpaired) electrons. The Hall–Kier alpha value is -3.52. The van der Waals surface area contributed by atoms with E-state index in [0.717, 1.165) is 34.4 Å². The van der Waals surface area contributed by atoms with Crippen molar-refractivity contribution >= 4 is 22.7 Å². The van der Waals surface area contributed by atoms with Gasteiger partial charge in [0, 0.05) is 43.5 Å². The minimum absolute atomic E-state index is 0.00424. The molecular formula is C28H34N4O4. The van der Waals surface area contributed by atoms with E-state index < -0.39 is 0 Å². The van der Waals surface area contributed by atoms with Crippen molar-refractivity contribution in [2.45, 2.75) is 26.3 Å². The molecule has 2 aromatic carbocycles. The van der Waals surface area contributed by atoms with Crippen molar-refractivity contribution in [3.8, 4) is 11.5 Å². The van der Waals surface area contributed by atoms with Gasteiger partial charge in [-0.15, -0.1) is 0 Å². The molecule has 3 heterocycles. The van der Waals surface area contributed by atoms with Crippen molar-refractivity contribution < 1.29 is 19.1 Å². The van der Waals surface area contributed by atoms with E-state index in [1.165, 1.54) is 0 Å². The van der Waals surface area contributed by atoms with Gasteiger partial charge in [0.05, 0.1) is 25.8 Å². The summed E-state index contributed by atoms with van der Waals surface area (Å²) in [7, 11) is 0. The van der Waals surface area contributed by atoms with Crippen LogP contribution in [0.15, 0.2) is 48.5 Å². The fraction of sp³-hybridized carbons (Fsp3) is 0.429. The number of benzene rings is 2. The summed E-state index contributed by atoms with van der Waals surface area (Å²) in [6.07, 6.45) is 0.856. The molecule has 2 aliphatic rings. The van der Waals surface area contributed by atoms with Crippen LogP contribution in [0.25, 0.3) is 10.9 Å². The smallest absolute Gasteiger partial charge is 0.270 e. The maximum Gasteiger partial charge on any atom is 0.270 e. The molecule has 1 atom stereocenters. The van der Waals surface area contributed by atoms with Gasteiger partial charge < -0.3 is 24.7 Å². The summed E-state index contributed by atoms with van der Waals surface area (Å²) in [4.78, 5) is 33.1. The number of nitrogens with one attached hydrogen (secondary N) is 2. The molecule has 2 aliphatic heterocycles. The number of carbonyl (C=O) groups excluding carboxylic acids is 2. The number of fused-ring (bicyclic) bond motifs is 2. The van der Waals surface area contributed by atoms with Crippen molar-refractivity contribution in [3.63, 3.8) is 0 Å². The van der Waals surface area contributed by atoms with E-state index >= 15 is 0 Å². The van der Waals surface area contributed by atoms with E-state index in [0.29, 0.717) is 51.6 Å². The summed E-state index contributed by atoms with van der Waals surface area (Å²) in [6.45, 7) is 8.30. The van der Waals surface area contributed by atoms with E-state index in [4.69, 9.17) is 9.47 Å². The van der Waals surface area contributed by atoms with Gasteiger partial charge in [-0.3, -0.25) is 14.5 Å². The summed E-state index contributed by atoms with van der Waals surface area (Å²) < 4.78 is 11.6. The Morgan fingerprint density at radius 2 is 1.72 bits per heavy atom. The molecule has 190 valence electrons. The number of para-hydroxylation sites is 1. The molecule has 1 saturated heterocycles. The van der Waals surface area contributed by atoms with Crippen molar-refractivity contribution in [3.05, 3.63) is 59.8 Å². The Morgan fingerprint density at radius 1 is 0.972 bits per heavy atom. The Morgan fingerprint density at radius 3 is 2.47 bits per heavy atom. The standard InChI is InChI=1S/C28H34N4O4/c1-19(2)27(21-8-9-24-25(17-21)36-15-5-14-35-24)30-26(33)18-31-10-12-32(13-11-31)28(34)23-16-20-6-3-4-7-22(20)29-23/h3-4,6-9,16-17,19,27,29H,5,10-15,18H2,1-2H3,(H,30,33). The molecule has 8 heteroatoms. The van der Waals surface area contributed by atoms with Crippen LogP contribution in [-0.4, -0.2) is 72.5 Å². The lowest BCUT2D eigenvalue weighted by Gasteiger charge is -2.34. The van der Waals surface area contributed by atoms with Crippen LogP contribution < -0.4 is 14.8 Å². The van der Waals surface area contributed by atoms with Crippen LogP contribution in [0, 0.1) is 5.92 Å². The Balaban J connectivity index is 1.16. The number of amides is 2. The largest absolute Gasteiger partial charge is 0.490 e. The fourth-order valence-corrected chi connectivity index (χ4v) is 4.90. The van der Waals surface area contributed by atoms with E-state index in [2.05, 4.69) is 29.0 Å². The molecule has 1 fully saturated rings. The highest BCUT2D eigenvalue weighted by molar-refractivity contribution is 5.98. The summed E-state index contributed by atoms with van der Waals surface area (Å²) in [5.74, 6) is 1.69. The Bertz CT molecular complexity index is 1200. The minimum Gasteiger partial charge on any atom is -0.490 e. The summed E-state index contributed by atoms with van der Waals surface area (Å²) in [6, 6.07) is 15.6. The molecule has 2 amide bonds. The first-order valence-corrected chi connectivity index (χ1v) is 12.8. The third-order valence-corrected chi connectivity index (χ3v) is 6.90. The van der Waals surface area contributed by atoms with Crippen molar-refractivity contribution in [2.24, 2.45) is 5.92 Å². The predicted molar refractivity (Wildman–Crippen MR) is 138 cm³/mol. The first-order valence-electron chi connectivity index (χ1n) is 12.8. The van der Waals surface area contributed by atoms with Gasteiger partial charge in [0.15, 0.2) is 11.5 Å². The molecule has 0 aliphatic carbocycles.